The summed E-state index contributed by atoms with van der Waals surface area (Å²) in [4.78, 5) is 36.1. The van der Waals surface area contributed by atoms with E-state index < -0.39 is 22.8 Å². The molecular formula is C12H18N4O5. The van der Waals surface area contributed by atoms with Crippen molar-refractivity contribution in [2.75, 3.05) is 0 Å². The molecule has 0 aliphatic heterocycles. The number of carboxylic acids is 1. The smallest absolute Gasteiger partial charge is 0.381 e. The third kappa shape index (κ3) is 5.59. The molecule has 0 aliphatic carbocycles. The lowest BCUT2D eigenvalue weighted by molar-refractivity contribution is -0.389. The maximum absolute atomic E-state index is 11.7. The molecular weight excluding hydrogens is 280 g/mol. The summed E-state index contributed by atoms with van der Waals surface area (Å²) in [5.41, 5.74) is 0. The summed E-state index contributed by atoms with van der Waals surface area (Å²) in [6, 6.07) is -0.922. The number of hydrogen-bond acceptors (Lipinski definition) is 5. The number of nitrogens with zero attached hydrogens (tertiary/aromatic N) is 3. The number of carbonyl (C=O) groups excluding carboxylic acids is 1. The normalized spacial score (nSPS) is 12.1. The van der Waals surface area contributed by atoms with Gasteiger partial charge in [-0.3, -0.25) is 4.79 Å². The highest BCUT2D eigenvalue weighted by molar-refractivity contribution is 5.83. The van der Waals surface area contributed by atoms with Gasteiger partial charge in [0.15, 0.2) is 0 Å². The van der Waals surface area contributed by atoms with Gasteiger partial charge in [-0.1, -0.05) is 13.8 Å². The number of carbonyl (C=O) groups is 2. The highest BCUT2D eigenvalue weighted by Gasteiger charge is 2.21. The number of imidazole rings is 1. The van der Waals surface area contributed by atoms with Crippen LogP contribution in [0.5, 0.6) is 0 Å². The van der Waals surface area contributed by atoms with Crippen molar-refractivity contribution in [3.8, 4) is 0 Å². The molecule has 0 unspecified atom stereocenters. The van der Waals surface area contributed by atoms with Gasteiger partial charge in [0.1, 0.15) is 12.2 Å². The third-order valence-corrected chi connectivity index (χ3v) is 2.74. The van der Waals surface area contributed by atoms with Crippen molar-refractivity contribution in [3.05, 3.63) is 22.6 Å². The van der Waals surface area contributed by atoms with E-state index in [9.17, 15) is 19.7 Å². The van der Waals surface area contributed by atoms with Crippen LogP contribution in [0.2, 0.25) is 0 Å². The molecule has 0 fully saturated rings. The highest BCUT2D eigenvalue weighted by Crippen LogP contribution is 2.07. The van der Waals surface area contributed by atoms with Crippen molar-refractivity contribution in [1.82, 2.24) is 14.9 Å². The number of aromatic nitrogens is 2. The molecule has 0 saturated heterocycles. The first-order valence-electron chi connectivity index (χ1n) is 6.48. The Kier molecular flexibility index (Phi) is 5.82. The van der Waals surface area contributed by atoms with Crippen LogP contribution in [-0.2, 0) is 16.1 Å². The predicted molar refractivity (Wildman–Crippen MR) is 72.5 cm³/mol. The summed E-state index contributed by atoms with van der Waals surface area (Å²) in [6.45, 7) is 3.93. The molecule has 1 amide bonds. The fraction of sp³-hybridized carbons (Fsp3) is 0.583. The second kappa shape index (κ2) is 7.36. The number of nitrogens with one attached hydrogen (secondary N) is 1. The monoisotopic (exact) mass is 298 g/mol. The van der Waals surface area contributed by atoms with Crippen LogP contribution in [0.3, 0.4) is 0 Å². The number of carboxylic acid groups (broad SMARTS) is 1. The summed E-state index contributed by atoms with van der Waals surface area (Å²) < 4.78 is 1.41. The Morgan fingerprint density at radius 2 is 2.19 bits per heavy atom. The third-order valence-electron chi connectivity index (χ3n) is 2.74. The Labute approximate surface area is 121 Å². The molecule has 1 aromatic rings. The van der Waals surface area contributed by atoms with Crippen LogP contribution in [0.15, 0.2) is 12.5 Å². The van der Waals surface area contributed by atoms with Crippen LogP contribution in [-0.4, -0.2) is 37.5 Å². The van der Waals surface area contributed by atoms with Crippen molar-refractivity contribution >= 4 is 17.7 Å². The van der Waals surface area contributed by atoms with Crippen LogP contribution in [0.4, 0.5) is 5.82 Å². The van der Waals surface area contributed by atoms with Gasteiger partial charge in [-0.25, -0.2) is 4.79 Å². The van der Waals surface area contributed by atoms with Gasteiger partial charge in [0.25, 0.3) is 0 Å². The second-order valence-electron chi connectivity index (χ2n) is 5.06. The number of hydrogen-bond donors (Lipinski definition) is 2. The molecule has 1 rings (SSSR count). The topological polar surface area (TPSA) is 127 Å². The Balaban J connectivity index is 2.48. The fourth-order valence-corrected chi connectivity index (χ4v) is 1.75. The minimum Gasteiger partial charge on any atom is -0.480 e. The van der Waals surface area contributed by atoms with Crippen LogP contribution in [0, 0.1) is 16.0 Å². The van der Waals surface area contributed by atoms with E-state index in [4.69, 9.17) is 5.11 Å². The van der Waals surface area contributed by atoms with E-state index in [0.29, 0.717) is 6.42 Å². The molecule has 0 spiro atoms. The molecule has 9 heteroatoms. The van der Waals surface area contributed by atoms with Gasteiger partial charge in [-0.05, 0) is 22.2 Å². The average molecular weight is 298 g/mol. The average Bonchev–Trinajstić information content (AvgIpc) is 2.83. The van der Waals surface area contributed by atoms with Crippen LogP contribution in [0.25, 0.3) is 0 Å². The number of amides is 1. The number of nitro groups is 1. The van der Waals surface area contributed by atoms with E-state index in [2.05, 4.69) is 10.3 Å². The fourth-order valence-electron chi connectivity index (χ4n) is 1.75. The first-order valence-corrected chi connectivity index (χ1v) is 6.48. The number of aryl methyl sites for hydroxylation is 1. The van der Waals surface area contributed by atoms with E-state index in [0.717, 1.165) is 0 Å². The summed E-state index contributed by atoms with van der Waals surface area (Å²) in [6.07, 6.45) is 2.84. The minimum absolute atomic E-state index is 0.0232. The van der Waals surface area contributed by atoms with Gasteiger partial charge >= 0.3 is 11.8 Å². The molecule has 0 radical (unpaired) electrons. The predicted octanol–water partition coefficient (Wildman–Crippen LogP) is 0.797. The zero-order valence-electron chi connectivity index (χ0n) is 11.9. The first kappa shape index (κ1) is 16.6. The zero-order valence-corrected chi connectivity index (χ0v) is 11.9. The SMILES string of the molecule is CC(C)C[C@H](NC(=O)CCn1cnc([N+](=O)[O-])c1)C(=O)O. The Morgan fingerprint density at radius 3 is 2.67 bits per heavy atom. The standard InChI is InChI=1S/C12H18N4O5/c1-8(2)5-9(12(18)19)14-11(17)3-4-15-6-10(13-7-15)16(20)21/h6-9H,3-5H2,1-2H3,(H,14,17)(H,18,19)/t9-/m0/s1. The Hall–Kier alpha value is -2.45. The molecule has 21 heavy (non-hydrogen) atoms. The van der Waals surface area contributed by atoms with Gasteiger partial charge < -0.3 is 25.1 Å². The van der Waals surface area contributed by atoms with E-state index in [1.165, 1.54) is 17.1 Å². The van der Waals surface area contributed by atoms with Crippen LogP contribution >= 0.6 is 0 Å². The maximum atomic E-state index is 11.7. The summed E-state index contributed by atoms with van der Waals surface area (Å²) in [5.74, 6) is -1.64. The minimum atomic E-state index is -1.07. The van der Waals surface area contributed by atoms with Gasteiger partial charge in [0.05, 0.1) is 0 Å². The molecule has 0 saturated carbocycles. The van der Waals surface area contributed by atoms with Crippen molar-refractivity contribution in [2.24, 2.45) is 5.92 Å². The molecule has 0 bridgehead atoms. The lowest BCUT2D eigenvalue weighted by atomic mass is 10.0. The van der Waals surface area contributed by atoms with Crippen molar-refractivity contribution in [2.45, 2.75) is 39.3 Å². The molecule has 9 nitrogen and oxygen atoms in total. The first-order chi connectivity index (χ1) is 9.79. The van der Waals surface area contributed by atoms with Crippen LogP contribution < -0.4 is 5.32 Å². The summed E-state index contributed by atoms with van der Waals surface area (Å²) in [5, 5.41) is 21.9. The Morgan fingerprint density at radius 1 is 1.52 bits per heavy atom. The lowest BCUT2D eigenvalue weighted by Crippen LogP contribution is -2.41. The van der Waals surface area contributed by atoms with Crippen molar-refractivity contribution in [1.29, 1.82) is 0 Å². The second-order valence-corrected chi connectivity index (χ2v) is 5.06. The van der Waals surface area contributed by atoms with Gasteiger partial charge in [-0.15, -0.1) is 0 Å². The van der Waals surface area contributed by atoms with E-state index >= 15 is 0 Å². The van der Waals surface area contributed by atoms with E-state index in [1.807, 2.05) is 13.8 Å². The number of aliphatic carboxylic acids is 1. The quantitative estimate of drug-likeness (QED) is 0.539. The summed E-state index contributed by atoms with van der Waals surface area (Å²) in [7, 11) is 0. The van der Waals surface area contributed by atoms with E-state index in [1.54, 1.807) is 0 Å². The zero-order chi connectivity index (χ0) is 16.0. The molecule has 0 aromatic carbocycles. The molecule has 1 aromatic heterocycles. The Bertz CT molecular complexity index is 525. The number of rotatable bonds is 8. The largest absolute Gasteiger partial charge is 0.480 e. The highest BCUT2D eigenvalue weighted by atomic mass is 16.6. The molecule has 1 heterocycles. The van der Waals surface area contributed by atoms with Gasteiger partial charge in [0, 0.05) is 13.0 Å². The summed E-state index contributed by atoms with van der Waals surface area (Å²) >= 11 is 0. The van der Waals surface area contributed by atoms with E-state index in [-0.39, 0.29) is 24.7 Å². The lowest BCUT2D eigenvalue weighted by Gasteiger charge is -2.16. The van der Waals surface area contributed by atoms with Crippen LogP contribution in [0.1, 0.15) is 26.7 Å². The van der Waals surface area contributed by atoms with Crippen molar-refractivity contribution in [3.63, 3.8) is 0 Å². The van der Waals surface area contributed by atoms with Crippen molar-refractivity contribution < 1.29 is 19.6 Å². The molecule has 0 aliphatic rings. The van der Waals surface area contributed by atoms with Gasteiger partial charge in [-0.2, -0.15) is 0 Å². The van der Waals surface area contributed by atoms with Gasteiger partial charge in [0.2, 0.25) is 12.2 Å². The molecule has 1 atom stereocenters. The molecule has 2 N–H and O–H groups in total. The molecule has 116 valence electrons. The maximum Gasteiger partial charge on any atom is 0.381 e.